The van der Waals surface area contributed by atoms with Crippen LogP contribution in [0.4, 0.5) is 10.9 Å². The molecule has 2 aromatic rings. The lowest BCUT2D eigenvalue weighted by Crippen LogP contribution is -2.02. The first-order chi connectivity index (χ1) is 9.72. The fraction of sp³-hybridized carbons (Fsp3) is 0.154. The molecular formula is C13H12N4O2S. The molecule has 0 saturated heterocycles. The van der Waals surface area contributed by atoms with Gasteiger partial charge in [-0.2, -0.15) is 0 Å². The number of carbonyl (C=O) groups is 1. The van der Waals surface area contributed by atoms with E-state index in [0.717, 1.165) is 11.3 Å². The molecule has 0 aliphatic carbocycles. The number of pyridine rings is 1. The normalized spacial score (nSPS) is 9.65. The van der Waals surface area contributed by atoms with Gasteiger partial charge >= 0.3 is 0 Å². The molecule has 6 nitrogen and oxygen atoms in total. The van der Waals surface area contributed by atoms with E-state index >= 15 is 0 Å². The summed E-state index contributed by atoms with van der Waals surface area (Å²) in [4.78, 5) is 20.6. The van der Waals surface area contributed by atoms with E-state index in [1.807, 2.05) is 0 Å². The maximum Gasteiger partial charge on any atom is 0.208 e. The quantitative estimate of drug-likeness (QED) is 0.502. The zero-order valence-electron chi connectivity index (χ0n) is 10.7. The van der Waals surface area contributed by atoms with Gasteiger partial charge in [0.15, 0.2) is 5.13 Å². The average Bonchev–Trinajstić information content (AvgIpc) is 2.85. The van der Waals surface area contributed by atoms with E-state index in [1.54, 1.807) is 25.4 Å². The lowest BCUT2D eigenvalue weighted by atomic mass is 10.2. The van der Waals surface area contributed by atoms with Crippen LogP contribution in [0.3, 0.4) is 0 Å². The Labute approximate surface area is 120 Å². The zero-order chi connectivity index (χ0) is 14.4. The highest BCUT2D eigenvalue weighted by molar-refractivity contribution is 7.18. The molecule has 0 aliphatic heterocycles. The van der Waals surface area contributed by atoms with Crippen molar-refractivity contribution in [2.45, 2.75) is 0 Å². The Balaban J connectivity index is 2.16. The van der Waals surface area contributed by atoms with Crippen molar-refractivity contribution < 1.29 is 9.53 Å². The molecule has 0 amide bonds. The molecule has 2 rings (SSSR count). The van der Waals surface area contributed by atoms with Crippen LogP contribution in [-0.4, -0.2) is 29.5 Å². The number of nitrogen functional groups attached to an aromatic ring is 1. The van der Waals surface area contributed by atoms with Crippen molar-refractivity contribution in [1.29, 1.82) is 0 Å². The number of hydrogen-bond donors (Lipinski definition) is 2. The minimum absolute atomic E-state index is 0.180. The van der Waals surface area contributed by atoms with Gasteiger partial charge in [-0.1, -0.05) is 17.3 Å². The van der Waals surface area contributed by atoms with Gasteiger partial charge in [0.25, 0.3) is 0 Å². The molecule has 7 heteroatoms. The highest BCUT2D eigenvalue weighted by Gasteiger charge is 2.17. The molecule has 0 spiro atoms. The molecule has 2 heterocycles. The van der Waals surface area contributed by atoms with Crippen LogP contribution < -0.4 is 11.1 Å². The molecule has 2 aromatic heterocycles. The number of ketones is 1. The van der Waals surface area contributed by atoms with Crippen LogP contribution in [0.1, 0.15) is 15.2 Å². The molecule has 0 bridgehead atoms. The van der Waals surface area contributed by atoms with E-state index in [-0.39, 0.29) is 11.6 Å². The number of ether oxygens (including phenoxy) is 1. The number of anilines is 2. The Morgan fingerprint density at radius 1 is 1.60 bits per heavy atom. The van der Waals surface area contributed by atoms with Crippen molar-refractivity contribution in [3.05, 3.63) is 35.0 Å². The maximum atomic E-state index is 12.2. The number of nitrogens with one attached hydrogen (secondary N) is 1. The molecule has 0 aromatic carbocycles. The van der Waals surface area contributed by atoms with Gasteiger partial charge in [0.2, 0.25) is 5.78 Å². The first-order valence-corrected chi connectivity index (χ1v) is 6.48. The lowest BCUT2D eigenvalue weighted by molar-refractivity contribution is 0.104. The molecule has 0 saturated carbocycles. The van der Waals surface area contributed by atoms with E-state index in [1.165, 1.54) is 6.20 Å². The summed E-state index contributed by atoms with van der Waals surface area (Å²) in [5, 5.41) is 3.24. The number of thiazole rings is 1. The number of hydrogen-bond acceptors (Lipinski definition) is 7. The summed E-state index contributed by atoms with van der Waals surface area (Å²) in [6.45, 7) is 0.315. The summed E-state index contributed by atoms with van der Waals surface area (Å²) in [6, 6.07) is 6.04. The van der Waals surface area contributed by atoms with E-state index in [4.69, 9.17) is 10.5 Å². The Morgan fingerprint density at radius 2 is 2.45 bits per heavy atom. The summed E-state index contributed by atoms with van der Waals surface area (Å²) < 4.78 is 4.79. The molecule has 102 valence electrons. The maximum absolute atomic E-state index is 12.2. The minimum Gasteiger partial charge on any atom is -0.382 e. The Morgan fingerprint density at radius 3 is 3.15 bits per heavy atom. The molecule has 0 atom stereocenters. The third-order valence-electron chi connectivity index (χ3n) is 2.26. The summed E-state index contributed by atoms with van der Waals surface area (Å²) in [5.41, 5.74) is 6.23. The highest BCUT2D eigenvalue weighted by atomic mass is 32.1. The highest BCUT2D eigenvalue weighted by Crippen LogP contribution is 2.26. The number of nitrogens with two attached hydrogens (primary N) is 1. The van der Waals surface area contributed by atoms with E-state index in [2.05, 4.69) is 27.2 Å². The molecule has 0 fully saturated rings. The molecule has 0 unspecified atom stereocenters. The van der Waals surface area contributed by atoms with E-state index < -0.39 is 0 Å². The topological polar surface area (TPSA) is 90.1 Å². The van der Waals surface area contributed by atoms with Gasteiger partial charge in [-0.25, -0.2) is 4.98 Å². The van der Waals surface area contributed by atoms with Gasteiger partial charge in [0.05, 0.1) is 0 Å². The van der Waals surface area contributed by atoms with Crippen LogP contribution in [0.5, 0.6) is 0 Å². The number of rotatable bonds is 4. The van der Waals surface area contributed by atoms with Crippen LogP contribution in [0.15, 0.2) is 24.5 Å². The second kappa shape index (κ2) is 6.65. The first-order valence-electron chi connectivity index (χ1n) is 5.66. The van der Waals surface area contributed by atoms with Crippen molar-refractivity contribution in [2.75, 3.05) is 24.8 Å². The largest absolute Gasteiger partial charge is 0.382 e. The predicted molar refractivity (Wildman–Crippen MR) is 77.5 cm³/mol. The molecule has 0 radical (unpaired) electrons. The van der Waals surface area contributed by atoms with Gasteiger partial charge < -0.3 is 10.5 Å². The van der Waals surface area contributed by atoms with Gasteiger partial charge in [0, 0.05) is 31.1 Å². The van der Waals surface area contributed by atoms with Gasteiger partial charge in [-0.05, 0) is 12.1 Å². The standard InChI is InChI=1S/C13H12N4O2S/c1-19-7-3-6-16-13-17-12(14)11(20-13)10(18)9-4-2-5-15-8-9/h2,4-5,8H,7,14H2,1H3,(H,16,17). The van der Waals surface area contributed by atoms with Gasteiger partial charge in [-0.3, -0.25) is 15.1 Å². The SMILES string of the molecule is COCC#CNc1nc(N)c(C(=O)c2cccnc2)s1. The Hall–Kier alpha value is -2.43. The van der Waals surface area contributed by atoms with Crippen molar-refractivity contribution in [3.63, 3.8) is 0 Å². The minimum atomic E-state index is -0.203. The van der Waals surface area contributed by atoms with Gasteiger partial charge in [0.1, 0.15) is 17.3 Å². The first kappa shape index (κ1) is 14.0. The monoisotopic (exact) mass is 288 g/mol. The predicted octanol–water partition coefficient (Wildman–Crippen LogP) is 1.37. The smallest absolute Gasteiger partial charge is 0.208 e. The number of aromatic nitrogens is 2. The molecule has 3 N–H and O–H groups in total. The van der Waals surface area contributed by atoms with E-state index in [9.17, 15) is 4.79 Å². The third-order valence-corrected chi connectivity index (χ3v) is 3.24. The van der Waals surface area contributed by atoms with Crippen LogP contribution >= 0.6 is 11.3 Å². The van der Waals surface area contributed by atoms with Gasteiger partial charge in [-0.15, -0.1) is 0 Å². The number of methoxy groups -OCH3 is 1. The van der Waals surface area contributed by atoms with Crippen molar-refractivity contribution in [1.82, 2.24) is 9.97 Å². The second-order valence-electron chi connectivity index (χ2n) is 3.66. The fourth-order valence-electron chi connectivity index (χ4n) is 1.38. The molecule has 0 aliphatic rings. The molecular weight excluding hydrogens is 276 g/mol. The average molecular weight is 288 g/mol. The number of nitrogens with zero attached hydrogens (tertiary/aromatic N) is 2. The zero-order valence-corrected chi connectivity index (χ0v) is 11.5. The third kappa shape index (κ3) is 3.32. The Kier molecular flexibility index (Phi) is 4.65. The van der Waals surface area contributed by atoms with Crippen LogP contribution in [0.2, 0.25) is 0 Å². The van der Waals surface area contributed by atoms with E-state index in [0.29, 0.717) is 22.2 Å². The van der Waals surface area contributed by atoms with Crippen molar-refractivity contribution in [3.8, 4) is 12.0 Å². The van der Waals surface area contributed by atoms with Crippen LogP contribution in [-0.2, 0) is 4.74 Å². The number of carbonyl (C=O) groups excluding carboxylic acids is 1. The Bertz CT molecular complexity index is 658. The van der Waals surface area contributed by atoms with Crippen molar-refractivity contribution >= 4 is 28.1 Å². The van der Waals surface area contributed by atoms with Crippen LogP contribution in [0, 0.1) is 12.0 Å². The van der Waals surface area contributed by atoms with Crippen LogP contribution in [0.25, 0.3) is 0 Å². The summed E-state index contributed by atoms with van der Waals surface area (Å²) >= 11 is 1.15. The second-order valence-corrected chi connectivity index (χ2v) is 4.66. The summed E-state index contributed by atoms with van der Waals surface area (Å²) in [7, 11) is 1.56. The fourth-order valence-corrected chi connectivity index (χ4v) is 2.18. The lowest BCUT2D eigenvalue weighted by Gasteiger charge is -1.96. The summed E-state index contributed by atoms with van der Waals surface area (Å²) in [6.07, 6.45) is 3.10. The molecule has 20 heavy (non-hydrogen) atoms. The summed E-state index contributed by atoms with van der Waals surface area (Å²) in [5.74, 6) is 2.70. The van der Waals surface area contributed by atoms with Crippen molar-refractivity contribution in [2.24, 2.45) is 0 Å².